The fourth-order valence-corrected chi connectivity index (χ4v) is 4.06. The van der Waals surface area contributed by atoms with Gasteiger partial charge in [0.1, 0.15) is 0 Å². The van der Waals surface area contributed by atoms with Crippen LogP contribution in [-0.2, 0) is 17.3 Å². The van der Waals surface area contributed by atoms with Gasteiger partial charge in [-0.25, -0.2) is 0 Å². The maximum Gasteiger partial charge on any atom is 0.223 e. The summed E-state index contributed by atoms with van der Waals surface area (Å²) in [7, 11) is 1.02. The molecule has 0 spiro atoms. The van der Waals surface area contributed by atoms with E-state index >= 15 is 0 Å². The molecular weight excluding hydrogens is 302 g/mol. The predicted molar refractivity (Wildman–Crippen MR) is 87.1 cm³/mol. The molecule has 2 N–H and O–H groups in total. The number of aliphatic imine (C=N–C) groups is 1. The van der Waals surface area contributed by atoms with Crippen molar-refractivity contribution in [1.82, 2.24) is 20.8 Å². The van der Waals surface area contributed by atoms with Crippen molar-refractivity contribution in [2.45, 2.75) is 57.4 Å². The quantitative estimate of drug-likeness (QED) is 0.622. The Morgan fingerprint density at radius 3 is 2.95 bits per heavy atom. The Labute approximate surface area is 133 Å². The molecule has 1 aromatic heterocycles. The zero-order valence-corrected chi connectivity index (χ0v) is 14.3. The van der Waals surface area contributed by atoms with Crippen LogP contribution in [0.1, 0.15) is 44.3 Å². The van der Waals surface area contributed by atoms with Gasteiger partial charge in [-0.15, -0.1) is 0 Å². The highest BCUT2D eigenvalue weighted by molar-refractivity contribution is 7.85. The number of aromatic nitrogens is 2. The van der Waals surface area contributed by atoms with Gasteiger partial charge in [0.15, 0.2) is 11.8 Å². The van der Waals surface area contributed by atoms with Gasteiger partial charge >= 0.3 is 0 Å². The van der Waals surface area contributed by atoms with Crippen molar-refractivity contribution >= 4 is 16.8 Å². The van der Waals surface area contributed by atoms with Crippen molar-refractivity contribution in [2.75, 3.05) is 12.8 Å². The van der Waals surface area contributed by atoms with Crippen LogP contribution in [0.2, 0.25) is 0 Å². The van der Waals surface area contributed by atoms with Crippen LogP contribution >= 0.6 is 0 Å². The molecule has 0 aromatic carbocycles. The summed E-state index contributed by atoms with van der Waals surface area (Å²) in [5, 5.41) is 10.7. The predicted octanol–water partition coefficient (Wildman–Crippen LogP) is 1.12. The maximum atomic E-state index is 12.0. The van der Waals surface area contributed by atoms with E-state index < -0.39 is 10.8 Å². The van der Waals surface area contributed by atoms with Gasteiger partial charge in [0, 0.05) is 41.8 Å². The van der Waals surface area contributed by atoms with Crippen LogP contribution in [0.4, 0.5) is 0 Å². The van der Waals surface area contributed by atoms with E-state index in [0.717, 1.165) is 37.4 Å². The molecular formula is C14H25N5O2S. The van der Waals surface area contributed by atoms with Crippen molar-refractivity contribution in [3.63, 3.8) is 0 Å². The first kappa shape index (κ1) is 16.9. The second kappa shape index (κ2) is 8.26. The highest BCUT2D eigenvalue weighted by atomic mass is 32.2. The van der Waals surface area contributed by atoms with Crippen molar-refractivity contribution in [3.8, 4) is 0 Å². The topological polar surface area (TPSA) is 92.4 Å². The Morgan fingerprint density at radius 1 is 1.50 bits per heavy atom. The molecule has 0 bridgehead atoms. The Kier molecular flexibility index (Phi) is 6.35. The number of rotatable bonds is 5. The second-order valence-corrected chi connectivity index (χ2v) is 7.46. The minimum atomic E-state index is -0.714. The van der Waals surface area contributed by atoms with Crippen molar-refractivity contribution in [1.29, 1.82) is 0 Å². The number of aryl methyl sites for hydroxylation is 1. The first-order valence-electron chi connectivity index (χ1n) is 7.76. The summed E-state index contributed by atoms with van der Waals surface area (Å²) < 4.78 is 16.9. The summed E-state index contributed by atoms with van der Waals surface area (Å²) in [4.78, 5) is 8.37. The summed E-state index contributed by atoms with van der Waals surface area (Å²) >= 11 is 0. The van der Waals surface area contributed by atoms with E-state index in [9.17, 15) is 4.21 Å². The van der Waals surface area contributed by atoms with Crippen LogP contribution in [0.3, 0.4) is 0 Å². The average molecular weight is 327 g/mol. The molecule has 7 nitrogen and oxygen atoms in total. The SMILES string of the molecule is CCS(=O)C1CCCC(NC(=NC)NCc2noc(C)n2)C1. The lowest BCUT2D eigenvalue weighted by molar-refractivity contribution is 0.386. The molecule has 0 radical (unpaired) electrons. The van der Waals surface area contributed by atoms with Crippen molar-refractivity contribution in [3.05, 3.63) is 11.7 Å². The molecule has 2 rings (SSSR count). The molecule has 8 heteroatoms. The van der Waals surface area contributed by atoms with Crippen LogP contribution in [0.5, 0.6) is 0 Å². The van der Waals surface area contributed by atoms with Gasteiger partial charge < -0.3 is 15.2 Å². The van der Waals surface area contributed by atoms with Gasteiger partial charge in [-0.2, -0.15) is 4.98 Å². The highest BCUT2D eigenvalue weighted by Crippen LogP contribution is 2.22. The zero-order valence-electron chi connectivity index (χ0n) is 13.5. The summed E-state index contributed by atoms with van der Waals surface area (Å²) in [5.41, 5.74) is 0. The largest absolute Gasteiger partial charge is 0.354 e. The van der Waals surface area contributed by atoms with E-state index in [1.807, 2.05) is 6.92 Å². The molecule has 1 heterocycles. The zero-order chi connectivity index (χ0) is 15.9. The van der Waals surface area contributed by atoms with Gasteiger partial charge in [0.05, 0.1) is 6.54 Å². The Hall–Kier alpha value is -1.44. The highest BCUT2D eigenvalue weighted by Gasteiger charge is 2.26. The van der Waals surface area contributed by atoms with Gasteiger partial charge in [0.25, 0.3) is 0 Å². The molecule has 124 valence electrons. The summed E-state index contributed by atoms with van der Waals surface area (Å²) in [6, 6.07) is 0.312. The molecule has 1 aromatic rings. The number of nitrogens with one attached hydrogen (secondary N) is 2. The average Bonchev–Trinajstić information content (AvgIpc) is 2.96. The monoisotopic (exact) mass is 327 g/mol. The normalized spacial score (nSPS) is 24.0. The van der Waals surface area contributed by atoms with E-state index in [4.69, 9.17) is 4.52 Å². The van der Waals surface area contributed by atoms with Gasteiger partial charge in [-0.3, -0.25) is 9.20 Å². The van der Waals surface area contributed by atoms with Crippen LogP contribution < -0.4 is 10.6 Å². The van der Waals surface area contributed by atoms with Crippen LogP contribution in [-0.4, -0.2) is 44.4 Å². The lowest BCUT2D eigenvalue weighted by Gasteiger charge is -2.30. The molecule has 1 aliphatic carbocycles. The number of guanidine groups is 1. The molecule has 22 heavy (non-hydrogen) atoms. The lowest BCUT2D eigenvalue weighted by atomic mass is 9.95. The molecule has 1 aliphatic rings. The molecule has 1 saturated carbocycles. The standard InChI is InChI=1S/C14H25N5O2S/c1-4-22(20)12-7-5-6-11(8-12)18-14(15-3)16-9-13-17-10(2)21-19-13/h11-12H,4-9H2,1-3H3,(H2,15,16,18). The van der Waals surface area contributed by atoms with Gasteiger partial charge in [-0.1, -0.05) is 18.5 Å². The summed E-state index contributed by atoms with van der Waals surface area (Å²) in [6.45, 7) is 4.22. The smallest absolute Gasteiger partial charge is 0.223 e. The van der Waals surface area contributed by atoms with Crippen LogP contribution in [0, 0.1) is 6.92 Å². The van der Waals surface area contributed by atoms with E-state index in [1.165, 1.54) is 0 Å². The molecule has 3 unspecified atom stereocenters. The Bertz CT molecular complexity index is 531. The fraction of sp³-hybridized carbons (Fsp3) is 0.786. The lowest BCUT2D eigenvalue weighted by Crippen LogP contribution is -2.46. The fourth-order valence-electron chi connectivity index (χ4n) is 2.71. The third kappa shape index (κ3) is 4.79. The van der Waals surface area contributed by atoms with E-state index in [-0.39, 0.29) is 0 Å². The minimum Gasteiger partial charge on any atom is -0.354 e. The maximum absolute atomic E-state index is 12.0. The first-order valence-corrected chi connectivity index (χ1v) is 9.14. The minimum absolute atomic E-state index is 0.300. The van der Waals surface area contributed by atoms with Crippen molar-refractivity contribution < 1.29 is 8.73 Å². The Balaban J connectivity index is 1.83. The third-order valence-electron chi connectivity index (χ3n) is 3.83. The van der Waals surface area contributed by atoms with E-state index in [0.29, 0.717) is 29.6 Å². The van der Waals surface area contributed by atoms with Gasteiger partial charge in [-0.05, 0) is 19.3 Å². The third-order valence-corrected chi connectivity index (χ3v) is 5.57. The van der Waals surface area contributed by atoms with E-state index in [1.54, 1.807) is 14.0 Å². The molecule has 1 fully saturated rings. The number of hydrogen-bond donors (Lipinski definition) is 2. The summed E-state index contributed by atoms with van der Waals surface area (Å²) in [5.74, 6) is 2.61. The summed E-state index contributed by atoms with van der Waals surface area (Å²) in [6.07, 6.45) is 4.18. The molecule has 0 aliphatic heterocycles. The number of nitrogens with zero attached hydrogens (tertiary/aromatic N) is 3. The van der Waals surface area contributed by atoms with Crippen LogP contribution in [0.15, 0.2) is 9.52 Å². The second-order valence-electron chi connectivity index (χ2n) is 5.45. The number of hydrogen-bond acceptors (Lipinski definition) is 5. The van der Waals surface area contributed by atoms with Crippen LogP contribution in [0.25, 0.3) is 0 Å². The van der Waals surface area contributed by atoms with Gasteiger partial charge in [0.2, 0.25) is 5.89 Å². The Morgan fingerprint density at radius 2 is 2.32 bits per heavy atom. The first-order chi connectivity index (χ1) is 10.6. The van der Waals surface area contributed by atoms with E-state index in [2.05, 4.69) is 25.8 Å². The molecule has 0 saturated heterocycles. The molecule has 0 amide bonds. The molecule has 3 atom stereocenters. The van der Waals surface area contributed by atoms with Crippen molar-refractivity contribution in [2.24, 2.45) is 4.99 Å².